The second-order valence-electron chi connectivity index (χ2n) is 5.45. The molecule has 24 heavy (non-hydrogen) atoms. The minimum Gasteiger partial charge on any atom is -0.344 e. The van der Waals surface area contributed by atoms with Crippen LogP contribution in [0.4, 0.5) is 0 Å². The van der Waals surface area contributed by atoms with Gasteiger partial charge >= 0.3 is 0 Å². The second kappa shape index (κ2) is 7.23. The van der Waals surface area contributed by atoms with Crippen molar-refractivity contribution in [2.24, 2.45) is 7.05 Å². The van der Waals surface area contributed by atoms with E-state index in [0.717, 1.165) is 21.8 Å². The minimum absolute atomic E-state index is 0.140. The Morgan fingerprint density at radius 3 is 2.83 bits per heavy atom. The van der Waals surface area contributed by atoms with Gasteiger partial charge in [-0.2, -0.15) is 5.10 Å². The number of aryl methyl sites for hydroxylation is 1. The Balaban J connectivity index is 1.62. The van der Waals surface area contributed by atoms with Gasteiger partial charge in [-0.3, -0.25) is 9.48 Å². The van der Waals surface area contributed by atoms with E-state index in [1.807, 2.05) is 55.9 Å². The van der Waals surface area contributed by atoms with Gasteiger partial charge in [0, 0.05) is 35.8 Å². The van der Waals surface area contributed by atoms with Gasteiger partial charge < -0.3 is 5.32 Å². The van der Waals surface area contributed by atoms with Crippen molar-refractivity contribution in [1.82, 2.24) is 20.1 Å². The molecule has 0 aliphatic carbocycles. The van der Waals surface area contributed by atoms with E-state index in [9.17, 15) is 4.79 Å². The quantitative estimate of drug-likeness (QED) is 0.725. The zero-order valence-electron chi connectivity index (χ0n) is 13.5. The van der Waals surface area contributed by atoms with Crippen LogP contribution in [0, 0.1) is 0 Å². The SMILES string of the molecule is CC(NC(=O)/C=C/c1cnn(C)c1)c1nc(-c2ccccc2)cs1. The van der Waals surface area contributed by atoms with Crippen molar-refractivity contribution in [1.29, 1.82) is 0 Å². The van der Waals surface area contributed by atoms with Crippen molar-refractivity contribution >= 4 is 23.3 Å². The van der Waals surface area contributed by atoms with Crippen LogP contribution in [-0.4, -0.2) is 20.7 Å². The Bertz CT molecular complexity index is 851. The first-order valence-electron chi connectivity index (χ1n) is 7.60. The normalized spacial score (nSPS) is 12.4. The van der Waals surface area contributed by atoms with Crippen LogP contribution in [0.1, 0.15) is 23.5 Å². The average molecular weight is 338 g/mol. The first-order valence-corrected chi connectivity index (χ1v) is 8.48. The first-order chi connectivity index (χ1) is 11.6. The second-order valence-corrected chi connectivity index (χ2v) is 6.34. The van der Waals surface area contributed by atoms with Crippen molar-refractivity contribution in [2.75, 3.05) is 0 Å². The molecule has 122 valence electrons. The number of thiazole rings is 1. The number of aromatic nitrogens is 3. The summed E-state index contributed by atoms with van der Waals surface area (Å²) in [7, 11) is 1.84. The van der Waals surface area contributed by atoms with Crippen LogP contribution in [0.15, 0.2) is 54.2 Å². The lowest BCUT2D eigenvalue weighted by atomic mass is 10.2. The molecule has 0 fully saturated rings. The summed E-state index contributed by atoms with van der Waals surface area (Å²) in [5, 5.41) is 9.89. The van der Waals surface area contributed by atoms with Gasteiger partial charge in [-0.05, 0) is 13.0 Å². The molecule has 3 aromatic rings. The zero-order valence-corrected chi connectivity index (χ0v) is 14.3. The molecular weight excluding hydrogens is 320 g/mol. The molecule has 0 radical (unpaired) electrons. The Labute approximate surface area is 144 Å². The fraction of sp³-hybridized carbons (Fsp3) is 0.167. The zero-order chi connectivity index (χ0) is 16.9. The maximum atomic E-state index is 12.0. The van der Waals surface area contributed by atoms with Gasteiger partial charge in [-0.15, -0.1) is 11.3 Å². The van der Waals surface area contributed by atoms with E-state index >= 15 is 0 Å². The third-order valence-corrected chi connectivity index (χ3v) is 4.50. The van der Waals surface area contributed by atoms with Crippen molar-refractivity contribution in [3.63, 3.8) is 0 Å². The number of nitrogens with zero attached hydrogens (tertiary/aromatic N) is 3. The van der Waals surface area contributed by atoms with E-state index in [1.54, 1.807) is 28.3 Å². The maximum Gasteiger partial charge on any atom is 0.244 e. The van der Waals surface area contributed by atoms with Crippen LogP contribution in [0.25, 0.3) is 17.3 Å². The average Bonchev–Trinajstić information content (AvgIpc) is 3.23. The van der Waals surface area contributed by atoms with E-state index in [1.165, 1.54) is 6.08 Å². The molecule has 2 aromatic heterocycles. The van der Waals surface area contributed by atoms with Crippen LogP contribution in [0.2, 0.25) is 0 Å². The summed E-state index contributed by atoms with van der Waals surface area (Å²) in [5.74, 6) is -0.150. The Morgan fingerprint density at radius 2 is 2.12 bits per heavy atom. The summed E-state index contributed by atoms with van der Waals surface area (Å²) < 4.78 is 1.70. The van der Waals surface area contributed by atoms with Crippen molar-refractivity contribution in [3.05, 3.63) is 64.8 Å². The molecule has 2 heterocycles. The fourth-order valence-electron chi connectivity index (χ4n) is 2.25. The molecule has 0 spiro atoms. The molecule has 0 aliphatic rings. The fourth-order valence-corrected chi connectivity index (χ4v) is 3.08. The van der Waals surface area contributed by atoms with Gasteiger partial charge in [0.1, 0.15) is 5.01 Å². The largest absolute Gasteiger partial charge is 0.344 e. The van der Waals surface area contributed by atoms with Crippen LogP contribution >= 0.6 is 11.3 Å². The molecule has 0 saturated heterocycles. The van der Waals surface area contributed by atoms with Crippen molar-refractivity contribution < 1.29 is 4.79 Å². The number of rotatable bonds is 5. The highest BCUT2D eigenvalue weighted by Crippen LogP contribution is 2.25. The third kappa shape index (κ3) is 3.97. The molecule has 1 unspecified atom stereocenters. The van der Waals surface area contributed by atoms with E-state index in [2.05, 4.69) is 15.4 Å². The smallest absolute Gasteiger partial charge is 0.244 e. The summed E-state index contributed by atoms with van der Waals surface area (Å²) in [4.78, 5) is 16.7. The van der Waals surface area contributed by atoms with Gasteiger partial charge in [-0.25, -0.2) is 4.98 Å². The summed E-state index contributed by atoms with van der Waals surface area (Å²) >= 11 is 1.55. The monoisotopic (exact) mass is 338 g/mol. The number of hydrogen-bond donors (Lipinski definition) is 1. The Morgan fingerprint density at radius 1 is 1.33 bits per heavy atom. The number of carbonyl (C=O) groups is 1. The highest BCUT2D eigenvalue weighted by atomic mass is 32.1. The standard InChI is InChI=1S/C18H18N4OS/c1-13(20-17(23)9-8-14-10-19-22(2)11-14)18-21-16(12-24-18)15-6-4-3-5-7-15/h3-13H,1-2H3,(H,20,23)/b9-8+. The summed E-state index contributed by atoms with van der Waals surface area (Å²) in [6, 6.07) is 9.87. The van der Waals surface area contributed by atoms with E-state index < -0.39 is 0 Å². The molecule has 0 saturated carbocycles. The number of benzene rings is 1. The van der Waals surface area contributed by atoms with Gasteiger partial charge in [0.05, 0.1) is 17.9 Å². The molecule has 0 aliphatic heterocycles. The van der Waals surface area contributed by atoms with E-state index in [4.69, 9.17) is 0 Å². The van der Waals surface area contributed by atoms with Gasteiger partial charge in [-0.1, -0.05) is 30.3 Å². The predicted octanol–water partition coefficient (Wildman–Crippen LogP) is 3.43. The number of nitrogens with one attached hydrogen (secondary N) is 1. The number of carbonyl (C=O) groups excluding carboxylic acids is 1. The van der Waals surface area contributed by atoms with Crippen LogP contribution in [0.3, 0.4) is 0 Å². The number of amides is 1. The van der Waals surface area contributed by atoms with Crippen LogP contribution < -0.4 is 5.32 Å². The van der Waals surface area contributed by atoms with E-state index in [0.29, 0.717) is 0 Å². The van der Waals surface area contributed by atoms with Crippen molar-refractivity contribution in [3.8, 4) is 11.3 Å². The van der Waals surface area contributed by atoms with Gasteiger partial charge in [0.25, 0.3) is 0 Å². The van der Waals surface area contributed by atoms with Gasteiger partial charge in [0.2, 0.25) is 5.91 Å². The summed E-state index contributed by atoms with van der Waals surface area (Å²) in [6.45, 7) is 1.93. The number of hydrogen-bond acceptors (Lipinski definition) is 4. The molecule has 0 bridgehead atoms. The Kier molecular flexibility index (Phi) is 4.86. The molecule has 1 atom stereocenters. The lowest BCUT2D eigenvalue weighted by Crippen LogP contribution is -2.24. The van der Waals surface area contributed by atoms with Gasteiger partial charge in [0.15, 0.2) is 0 Å². The van der Waals surface area contributed by atoms with Crippen LogP contribution in [-0.2, 0) is 11.8 Å². The first kappa shape index (κ1) is 16.1. The lowest BCUT2D eigenvalue weighted by molar-refractivity contribution is -0.117. The van der Waals surface area contributed by atoms with Crippen molar-refractivity contribution in [2.45, 2.75) is 13.0 Å². The Hall–Kier alpha value is -2.73. The van der Waals surface area contributed by atoms with Crippen LogP contribution in [0.5, 0.6) is 0 Å². The molecular formula is C18H18N4OS. The molecule has 1 aromatic carbocycles. The molecule has 1 N–H and O–H groups in total. The molecule has 6 heteroatoms. The summed E-state index contributed by atoms with van der Waals surface area (Å²) in [5.41, 5.74) is 2.90. The highest BCUT2D eigenvalue weighted by Gasteiger charge is 2.12. The minimum atomic E-state index is -0.150. The maximum absolute atomic E-state index is 12.0. The molecule has 1 amide bonds. The lowest BCUT2D eigenvalue weighted by Gasteiger charge is -2.08. The molecule has 3 rings (SSSR count). The molecule has 5 nitrogen and oxygen atoms in total. The third-order valence-electron chi connectivity index (χ3n) is 3.47. The topological polar surface area (TPSA) is 59.8 Å². The summed E-state index contributed by atoms with van der Waals surface area (Å²) in [6.07, 6.45) is 6.81. The highest BCUT2D eigenvalue weighted by molar-refractivity contribution is 7.10. The predicted molar refractivity (Wildman–Crippen MR) is 96.3 cm³/mol. The van der Waals surface area contributed by atoms with E-state index in [-0.39, 0.29) is 11.9 Å².